The van der Waals surface area contributed by atoms with Gasteiger partial charge in [0.2, 0.25) is 0 Å². The van der Waals surface area contributed by atoms with E-state index in [0.29, 0.717) is 35.8 Å². The monoisotopic (exact) mass is 404 g/mol. The molecule has 0 saturated carbocycles. The van der Waals surface area contributed by atoms with Crippen molar-refractivity contribution < 1.29 is 14.6 Å². The molecule has 0 unspecified atom stereocenters. The van der Waals surface area contributed by atoms with Crippen molar-refractivity contribution in [2.24, 2.45) is 13.0 Å². The molecule has 1 heterocycles. The SMILES string of the molecule is Cn1cc(Oc2ccc(C(=O)CC[C@@H](O)CCC3Cc4ccccc4C3)cc2)cn1. The average molecular weight is 405 g/mol. The van der Waals surface area contributed by atoms with Gasteiger partial charge in [-0.2, -0.15) is 5.10 Å². The number of Topliss-reactive ketones (excluding diaryl/α,β-unsaturated/α-hetero) is 1. The summed E-state index contributed by atoms with van der Waals surface area (Å²) in [4.78, 5) is 12.5. The molecule has 1 N–H and O–H groups in total. The van der Waals surface area contributed by atoms with E-state index in [0.717, 1.165) is 25.7 Å². The summed E-state index contributed by atoms with van der Waals surface area (Å²) in [5.74, 6) is 1.98. The molecule has 3 aromatic rings. The fourth-order valence-corrected chi connectivity index (χ4v) is 4.16. The highest BCUT2D eigenvalue weighted by molar-refractivity contribution is 5.96. The average Bonchev–Trinajstić information content (AvgIpc) is 3.36. The molecule has 4 rings (SSSR count). The Morgan fingerprint density at radius 1 is 1.10 bits per heavy atom. The first-order valence-electron chi connectivity index (χ1n) is 10.6. The standard InChI is InChI=1S/C25H28N2O3/c1-27-17-24(16-26-27)30-23-11-7-19(8-12-23)25(29)13-10-22(28)9-6-18-14-20-4-2-3-5-21(20)15-18/h2-5,7-8,11-12,16-18,22,28H,6,9-10,13-15H2,1H3/t22-/m0/s1. The highest BCUT2D eigenvalue weighted by Crippen LogP contribution is 2.30. The molecule has 0 radical (unpaired) electrons. The van der Waals surface area contributed by atoms with Crippen LogP contribution in [-0.4, -0.2) is 26.8 Å². The summed E-state index contributed by atoms with van der Waals surface area (Å²) in [6, 6.07) is 15.7. The van der Waals surface area contributed by atoms with Crippen LogP contribution in [0.4, 0.5) is 0 Å². The van der Waals surface area contributed by atoms with Gasteiger partial charge in [-0.05, 0) is 73.4 Å². The van der Waals surface area contributed by atoms with Crippen LogP contribution in [0.3, 0.4) is 0 Å². The van der Waals surface area contributed by atoms with E-state index < -0.39 is 6.10 Å². The van der Waals surface area contributed by atoms with Gasteiger partial charge in [-0.3, -0.25) is 9.48 Å². The van der Waals surface area contributed by atoms with Crippen molar-refractivity contribution in [3.63, 3.8) is 0 Å². The minimum absolute atomic E-state index is 0.0512. The van der Waals surface area contributed by atoms with E-state index in [1.807, 2.05) is 7.05 Å². The third-order valence-corrected chi connectivity index (χ3v) is 5.84. The summed E-state index contributed by atoms with van der Waals surface area (Å²) in [7, 11) is 1.83. The van der Waals surface area contributed by atoms with Crippen molar-refractivity contribution in [2.75, 3.05) is 0 Å². The molecule has 0 aliphatic heterocycles. The molecule has 5 nitrogen and oxygen atoms in total. The summed E-state index contributed by atoms with van der Waals surface area (Å²) in [5.41, 5.74) is 3.54. The van der Waals surface area contributed by atoms with E-state index in [-0.39, 0.29) is 5.78 Å². The van der Waals surface area contributed by atoms with Gasteiger partial charge in [-0.25, -0.2) is 0 Å². The fraction of sp³-hybridized carbons (Fsp3) is 0.360. The maximum absolute atomic E-state index is 12.5. The molecule has 0 saturated heterocycles. The molecule has 156 valence electrons. The van der Waals surface area contributed by atoms with E-state index >= 15 is 0 Å². The van der Waals surface area contributed by atoms with Gasteiger partial charge in [0.25, 0.3) is 0 Å². The fourth-order valence-electron chi connectivity index (χ4n) is 4.16. The number of nitrogens with zero attached hydrogens (tertiary/aromatic N) is 2. The van der Waals surface area contributed by atoms with Gasteiger partial charge >= 0.3 is 0 Å². The van der Waals surface area contributed by atoms with Crippen LogP contribution in [0.15, 0.2) is 60.9 Å². The molecule has 1 aliphatic carbocycles. The van der Waals surface area contributed by atoms with Crippen molar-refractivity contribution in [3.05, 3.63) is 77.6 Å². The number of benzene rings is 2. The number of carbonyl (C=O) groups is 1. The van der Waals surface area contributed by atoms with Crippen LogP contribution in [0, 0.1) is 5.92 Å². The largest absolute Gasteiger partial charge is 0.454 e. The van der Waals surface area contributed by atoms with Gasteiger partial charge in [0.05, 0.1) is 18.5 Å². The lowest BCUT2D eigenvalue weighted by atomic mass is 9.95. The first-order valence-corrected chi connectivity index (χ1v) is 10.6. The summed E-state index contributed by atoms with van der Waals surface area (Å²) in [6.45, 7) is 0. The number of hydrogen-bond donors (Lipinski definition) is 1. The van der Waals surface area contributed by atoms with E-state index in [1.165, 1.54) is 11.1 Å². The second-order valence-electron chi connectivity index (χ2n) is 8.21. The Morgan fingerprint density at radius 3 is 2.43 bits per heavy atom. The minimum atomic E-state index is -0.425. The molecule has 1 atom stereocenters. The number of aliphatic hydroxyl groups excluding tert-OH is 1. The maximum atomic E-state index is 12.5. The zero-order valence-electron chi connectivity index (χ0n) is 17.3. The van der Waals surface area contributed by atoms with Crippen molar-refractivity contribution in [3.8, 4) is 11.5 Å². The van der Waals surface area contributed by atoms with Gasteiger partial charge in [0.15, 0.2) is 11.5 Å². The lowest BCUT2D eigenvalue weighted by Gasteiger charge is -2.13. The van der Waals surface area contributed by atoms with Gasteiger partial charge in [0, 0.05) is 19.0 Å². The third-order valence-electron chi connectivity index (χ3n) is 5.84. The summed E-state index contributed by atoms with van der Waals surface area (Å²) >= 11 is 0. The van der Waals surface area contributed by atoms with Crippen LogP contribution in [-0.2, 0) is 19.9 Å². The molecular formula is C25H28N2O3. The summed E-state index contributed by atoms with van der Waals surface area (Å²) < 4.78 is 7.37. The molecule has 5 heteroatoms. The van der Waals surface area contributed by atoms with Crippen LogP contribution >= 0.6 is 0 Å². The van der Waals surface area contributed by atoms with Crippen molar-refractivity contribution in [1.29, 1.82) is 0 Å². The molecular weight excluding hydrogens is 376 g/mol. The molecule has 30 heavy (non-hydrogen) atoms. The number of fused-ring (bicyclic) bond motifs is 1. The molecule has 2 aromatic carbocycles. The predicted molar refractivity (Wildman–Crippen MR) is 116 cm³/mol. The minimum Gasteiger partial charge on any atom is -0.454 e. The highest BCUT2D eigenvalue weighted by atomic mass is 16.5. The van der Waals surface area contributed by atoms with Gasteiger partial charge in [-0.1, -0.05) is 24.3 Å². The number of hydrogen-bond acceptors (Lipinski definition) is 4. The number of ether oxygens (including phenoxy) is 1. The molecule has 1 aliphatic rings. The number of ketones is 1. The van der Waals surface area contributed by atoms with Gasteiger partial charge in [0.1, 0.15) is 5.75 Å². The van der Waals surface area contributed by atoms with Crippen LogP contribution in [0.1, 0.15) is 47.2 Å². The number of rotatable bonds is 9. The van der Waals surface area contributed by atoms with Gasteiger partial charge in [-0.15, -0.1) is 0 Å². The Bertz CT molecular complexity index is 969. The number of aliphatic hydroxyl groups is 1. The molecule has 0 bridgehead atoms. The maximum Gasteiger partial charge on any atom is 0.165 e. The number of carbonyl (C=O) groups excluding carboxylic acids is 1. The summed E-state index contributed by atoms with van der Waals surface area (Å²) in [6.07, 6.45) is 7.83. The van der Waals surface area contributed by atoms with E-state index in [9.17, 15) is 9.90 Å². The second kappa shape index (κ2) is 9.26. The van der Waals surface area contributed by atoms with Crippen LogP contribution < -0.4 is 4.74 Å². The van der Waals surface area contributed by atoms with Gasteiger partial charge < -0.3 is 9.84 Å². The Hall–Kier alpha value is -2.92. The van der Waals surface area contributed by atoms with E-state index in [2.05, 4.69) is 29.4 Å². The van der Waals surface area contributed by atoms with E-state index in [4.69, 9.17) is 4.74 Å². The van der Waals surface area contributed by atoms with Crippen molar-refractivity contribution >= 4 is 5.78 Å². The quantitative estimate of drug-likeness (QED) is 0.524. The highest BCUT2D eigenvalue weighted by Gasteiger charge is 2.21. The molecule has 0 spiro atoms. The normalized spacial score (nSPS) is 14.5. The Balaban J connectivity index is 1.19. The van der Waals surface area contributed by atoms with Crippen LogP contribution in [0.5, 0.6) is 11.5 Å². The van der Waals surface area contributed by atoms with Crippen molar-refractivity contribution in [1.82, 2.24) is 9.78 Å². The lowest BCUT2D eigenvalue weighted by Crippen LogP contribution is -2.12. The Morgan fingerprint density at radius 2 is 1.80 bits per heavy atom. The third kappa shape index (κ3) is 5.16. The van der Waals surface area contributed by atoms with Crippen LogP contribution in [0.2, 0.25) is 0 Å². The van der Waals surface area contributed by atoms with E-state index in [1.54, 1.807) is 41.3 Å². The zero-order chi connectivity index (χ0) is 20.9. The molecule has 1 aromatic heterocycles. The smallest absolute Gasteiger partial charge is 0.165 e. The van der Waals surface area contributed by atoms with Crippen LogP contribution in [0.25, 0.3) is 0 Å². The summed E-state index contributed by atoms with van der Waals surface area (Å²) in [5, 5.41) is 14.4. The second-order valence-corrected chi connectivity index (χ2v) is 8.21. The molecule has 0 fully saturated rings. The molecule has 0 amide bonds. The topological polar surface area (TPSA) is 64.3 Å². The predicted octanol–water partition coefficient (Wildman–Crippen LogP) is 4.73. The Labute approximate surface area is 177 Å². The first kappa shape index (κ1) is 20.4. The number of aryl methyl sites for hydroxylation is 1. The Kier molecular flexibility index (Phi) is 6.29. The number of aromatic nitrogens is 2. The zero-order valence-corrected chi connectivity index (χ0v) is 17.3. The first-order chi connectivity index (χ1) is 14.6. The lowest BCUT2D eigenvalue weighted by molar-refractivity contribution is 0.0927. The van der Waals surface area contributed by atoms with Crippen molar-refractivity contribution in [2.45, 2.75) is 44.6 Å².